The SMILES string of the molecule is CCOc1cc(/C=C2/C(=O)NN(c3ccccc3)C2=O)ccc1OC(=O)/C=C/c1ccc(Cl)cc1. The van der Waals surface area contributed by atoms with Crippen LogP contribution >= 0.6 is 11.6 Å². The summed E-state index contributed by atoms with van der Waals surface area (Å²) in [5, 5.41) is 1.80. The van der Waals surface area contributed by atoms with Crippen molar-refractivity contribution in [3.8, 4) is 11.5 Å². The van der Waals surface area contributed by atoms with Crippen LogP contribution in [-0.2, 0) is 14.4 Å². The molecule has 3 aromatic carbocycles. The lowest BCUT2D eigenvalue weighted by Crippen LogP contribution is -2.35. The third-order valence-electron chi connectivity index (χ3n) is 4.98. The zero-order valence-electron chi connectivity index (χ0n) is 18.7. The first kappa shape index (κ1) is 23.8. The fourth-order valence-electron chi connectivity index (χ4n) is 3.33. The predicted molar refractivity (Wildman–Crippen MR) is 134 cm³/mol. The minimum absolute atomic E-state index is 0.0213. The summed E-state index contributed by atoms with van der Waals surface area (Å²) >= 11 is 5.87. The highest BCUT2D eigenvalue weighted by Gasteiger charge is 2.34. The molecule has 1 aliphatic rings. The van der Waals surface area contributed by atoms with Crippen molar-refractivity contribution in [1.82, 2.24) is 5.43 Å². The molecule has 0 radical (unpaired) electrons. The minimum atomic E-state index is -0.587. The standard InChI is InChI=1S/C27H21ClN2O5/c1-2-34-24-17-19(16-22-26(32)29-30(27(22)33)21-6-4-3-5-7-21)10-14-23(24)35-25(31)15-11-18-8-12-20(28)13-9-18/h3-17H,2H2,1H3,(H,29,32)/b15-11+,22-16-. The summed E-state index contributed by atoms with van der Waals surface area (Å²) in [5.41, 5.74) is 4.43. The van der Waals surface area contributed by atoms with Gasteiger partial charge in [-0.25, -0.2) is 9.80 Å². The molecular formula is C27H21ClN2O5. The van der Waals surface area contributed by atoms with E-state index in [1.807, 2.05) is 6.07 Å². The highest BCUT2D eigenvalue weighted by molar-refractivity contribution is 6.31. The molecule has 1 saturated heterocycles. The van der Waals surface area contributed by atoms with E-state index in [-0.39, 0.29) is 11.3 Å². The number of esters is 1. The molecule has 3 aromatic rings. The largest absolute Gasteiger partial charge is 0.490 e. The van der Waals surface area contributed by atoms with Crippen molar-refractivity contribution in [2.45, 2.75) is 6.92 Å². The molecule has 0 spiro atoms. The Balaban J connectivity index is 1.52. The maximum absolute atomic E-state index is 12.8. The van der Waals surface area contributed by atoms with Crippen molar-refractivity contribution in [3.63, 3.8) is 0 Å². The number of rotatable bonds is 7. The van der Waals surface area contributed by atoms with E-state index in [1.165, 1.54) is 17.2 Å². The zero-order valence-corrected chi connectivity index (χ0v) is 19.5. The van der Waals surface area contributed by atoms with E-state index in [9.17, 15) is 14.4 Å². The first-order chi connectivity index (χ1) is 16.9. The average Bonchev–Trinajstić information content (AvgIpc) is 3.14. The van der Waals surface area contributed by atoms with Crippen LogP contribution in [0.2, 0.25) is 5.02 Å². The van der Waals surface area contributed by atoms with Gasteiger partial charge in [-0.15, -0.1) is 0 Å². The Bertz CT molecular complexity index is 1320. The van der Waals surface area contributed by atoms with Gasteiger partial charge < -0.3 is 9.47 Å². The second-order valence-electron chi connectivity index (χ2n) is 7.42. The summed E-state index contributed by atoms with van der Waals surface area (Å²) in [6.07, 6.45) is 4.38. The molecular weight excluding hydrogens is 468 g/mol. The first-order valence-corrected chi connectivity index (χ1v) is 11.2. The normalized spacial score (nSPS) is 14.5. The molecule has 0 unspecified atom stereocenters. The number of nitrogens with zero attached hydrogens (tertiary/aromatic N) is 1. The van der Waals surface area contributed by atoms with Crippen LogP contribution in [0.15, 0.2) is 84.4 Å². The highest BCUT2D eigenvalue weighted by atomic mass is 35.5. The molecule has 1 fully saturated rings. The summed E-state index contributed by atoms with van der Waals surface area (Å²) in [7, 11) is 0. The first-order valence-electron chi connectivity index (χ1n) is 10.8. The van der Waals surface area contributed by atoms with Crippen LogP contribution in [0.25, 0.3) is 12.2 Å². The highest BCUT2D eigenvalue weighted by Crippen LogP contribution is 2.30. The lowest BCUT2D eigenvalue weighted by Gasteiger charge is -2.13. The van der Waals surface area contributed by atoms with Crippen molar-refractivity contribution in [2.24, 2.45) is 0 Å². The zero-order chi connectivity index (χ0) is 24.8. The molecule has 8 heteroatoms. The third kappa shape index (κ3) is 5.77. The number of para-hydroxylation sites is 1. The van der Waals surface area contributed by atoms with E-state index in [0.717, 1.165) is 5.56 Å². The number of hydrogen-bond acceptors (Lipinski definition) is 5. The molecule has 1 N–H and O–H groups in total. The molecule has 7 nitrogen and oxygen atoms in total. The summed E-state index contributed by atoms with van der Waals surface area (Å²) in [6.45, 7) is 2.12. The second kappa shape index (κ2) is 10.7. The molecule has 0 bridgehead atoms. The van der Waals surface area contributed by atoms with Crippen molar-refractivity contribution >= 4 is 47.2 Å². The van der Waals surface area contributed by atoms with Crippen LogP contribution in [0.4, 0.5) is 5.69 Å². The number of benzene rings is 3. The van der Waals surface area contributed by atoms with Gasteiger partial charge in [0.05, 0.1) is 12.3 Å². The molecule has 176 valence electrons. The second-order valence-corrected chi connectivity index (χ2v) is 7.86. The number of hydrogen-bond donors (Lipinski definition) is 1. The molecule has 1 aliphatic heterocycles. The quantitative estimate of drug-likeness (QED) is 0.223. The monoisotopic (exact) mass is 488 g/mol. The summed E-state index contributed by atoms with van der Waals surface area (Å²) in [6, 6.07) is 20.6. The van der Waals surface area contributed by atoms with E-state index in [1.54, 1.807) is 79.7 Å². The molecule has 1 heterocycles. The van der Waals surface area contributed by atoms with E-state index < -0.39 is 17.8 Å². The predicted octanol–water partition coefficient (Wildman–Crippen LogP) is 4.82. The van der Waals surface area contributed by atoms with Crippen LogP contribution in [-0.4, -0.2) is 24.4 Å². The van der Waals surface area contributed by atoms with Gasteiger partial charge in [0.2, 0.25) is 0 Å². The van der Waals surface area contributed by atoms with Gasteiger partial charge in [-0.3, -0.25) is 15.0 Å². The van der Waals surface area contributed by atoms with Crippen LogP contribution < -0.4 is 19.9 Å². The summed E-state index contributed by atoms with van der Waals surface area (Å²) in [5.74, 6) is -1.05. The van der Waals surface area contributed by atoms with Gasteiger partial charge in [-0.05, 0) is 66.6 Å². The van der Waals surface area contributed by atoms with E-state index in [4.69, 9.17) is 21.1 Å². The summed E-state index contributed by atoms with van der Waals surface area (Å²) in [4.78, 5) is 37.6. The number of amides is 2. The lowest BCUT2D eigenvalue weighted by atomic mass is 10.1. The number of nitrogens with one attached hydrogen (secondary N) is 1. The van der Waals surface area contributed by atoms with Crippen molar-refractivity contribution in [3.05, 3.63) is 101 Å². The van der Waals surface area contributed by atoms with Crippen LogP contribution in [0.3, 0.4) is 0 Å². The average molecular weight is 489 g/mol. The van der Waals surface area contributed by atoms with Crippen molar-refractivity contribution in [2.75, 3.05) is 11.6 Å². The number of ether oxygens (including phenoxy) is 2. The van der Waals surface area contributed by atoms with Gasteiger partial charge in [0.25, 0.3) is 11.8 Å². The Kier molecular flexibility index (Phi) is 7.28. The fraction of sp³-hybridized carbons (Fsp3) is 0.0741. The molecule has 0 saturated carbocycles. The maximum atomic E-state index is 12.8. The minimum Gasteiger partial charge on any atom is -0.490 e. The Morgan fingerprint density at radius 2 is 1.69 bits per heavy atom. The number of halogens is 1. The Labute approximate surface area is 207 Å². The van der Waals surface area contributed by atoms with Crippen molar-refractivity contribution in [1.29, 1.82) is 0 Å². The van der Waals surface area contributed by atoms with E-state index in [2.05, 4.69) is 5.43 Å². The van der Waals surface area contributed by atoms with Crippen molar-refractivity contribution < 1.29 is 23.9 Å². The maximum Gasteiger partial charge on any atom is 0.336 e. The van der Waals surface area contributed by atoms with Gasteiger partial charge in [-0.1, -0.05) is 48.0 Å². The molecule has 0 atom stereocenters. The van der Waals surface area contributed by atoms with Crippen LogP contribution in [0.5, 0.6) is 11.5 Å². The van der Waals surface area contributed by atoms with E-state index in [0.29, 0.717) is 28.6 Å². The van der Waals surface area contributed by atoms with Gasteiger partial charge in [0, 0.05) is 11.1 Å². The van der Waals surface area contributed by atoms with Crippen LogP contribution in [0.1, 0.15) is 18.1 Å². The molecule has 35 heavy (non-hydrogen) atoms. The molecule has 4 rings (SSSR count). The molecule has 0 aromatic heterocycles. The number of hydrazine groups is 1. The van der Waals surface area contributed by atoms with E-state index >= 15 is 0 Å². The third-order valence-corrected chi connectivity index (χ3v) is 5.23. The Hall–Kier alpha value is -4.36. The number of carbonyl (C=O) groups is 3. The Morgan fingerprint density at radius 1 is 0.971 bits per heavy atom. The summed E-state index contributed by atoms with van der Waals surface area (Å²) < 4.78 is 11.1. The molecule has 0 aliphatic carbocycles. The number of anilines is 1. The fourth-order valence-corrected chi connectivity index (χ4v) is 3.46. The smallest absolute Gasteiger partial charge is 0.336 e. The van der Waals surface area contributed by atoms with Crippen LogP contribution in [0, 0.1) is 0 Å². The molecule has 2 amide bonds. The Morgan fingerprint density at radius 3 is 2.40 bits per heavy atom. The van der Waals surface area contributed by atoms with Gasteiger partial charge in [-0.2, -0.15) is 0 Å². The number of carbonyl (C=O) groups excluding carboxylic acids is 3. The lowest BCUT2D eigenvalue weighted by molar-refractivity contribution is -0.129. The van der Waals surface area contributed by atoms with Gasteiger partial charge >= 0.3 is 5.97 Å². The van der Waals surface area contributed by atoms with Gasteiger partial charge in [0.1, 0.15) is 5.57 Å². The van der Waals surface area contributed by atoms with Gasteiger partial charge in [0.15, 0.2) is 11.5 Å². The topological polar surface area (TPSA) is 84.9 Å².